The zero-order valence-corrected chi connectivity index (χ0v) is 12.5. The Bertz CT molecular complexity index is 902. The zero-order valence-electron chi connectivity index (χ0n) is 12.5. The predicted molar refractivity (Wildman–Crippen MR) is 96.3 cm³/mol. The normalized spacial score (nSPS) is 12.4. The summed E-state index contributed by atoms with van der Waals surface area (Å²) in [6.07, 6.45) is 7.80. The molecule has 0 saturated carbocycles. The first-order valence-corrected chi connectivity index (χ1v) is 7.26. The SMILES string of the molecule is C=C/C=C\C(=C/C)n1c2ccccc2c2ccc([B]O)cc21. The first-order chi connectivity index (χ1) is 10.8. The lowest BCUT2D eigenvalue weighted by atomic mass is 9.88. The highest BCUT2D eigenvalue weighted by Crippen LogP contribution is 2.31. The predicted octanol–water partition coefficient (Wildman–Crippen LogP) is 3.63. The number of nitrogens with zero attached hydrogens (tertiary/aromatic N) is 1. The first kappa shape index (κ1) is 14.4. The van der Waals surface area contributed by atoms with Crippen LogP contribution in [0.4, 0.5) is 0 Å². The molecule has 1 heterocycles. The highest BCUT2D eigenvalue weighted by Gasteiger charge is 2.12. The van der Waals surface area contributed by atoms with E-state index in [1.807, 2.05) is 43.3 Å². The van der Waals surface area contributed by atoms with Gasteiger partial charge in [-0.05, 0) is 25.1 Å². The van der Waals surface area contributed by atoms with Gasteiger partial charge in [-0.3, -0.25) is 0 Å². The average Bonchev–Trinajstić information content (AvgIpc) is 2.90. The highest BCUT2D eigenvalue weighted by atomic mass is 16.2. The van der Waals surface area contributed by atoms with Gasteiger partial charge in [-0.25, -0.2) is 0 Å². The molecule has 0 bridgehead atoms. The van der Waals surface area contributed by atoms with E-state index in [-0.39, 0.29) is 0 Å². The van der Waals surface area contributed by atoms with Crippen LogP contribution >= 0.6 is 0 Å². The maximum atomic E-state index is 9.32. The molecule has 3 heteroatoms. The standard InChI is InChI=1S/C19H17BNO/c1-3-5-8-15(4-2)21-18-10-7-6-9-16(18)17-12-11-14(20-22)13-19(17)21/h3-13,22H,1H2,2H3/b8-5-,15-4+. The van der Waals surface area contributed by atoms with E-state index in [4.69, 9.17) is 0 Å². The molecule has 0 aliphatic heterocycles. The van der Waals surface area contributed by atoms with Gasteiger partial charge in [-0.15, -0.1) is 0 Å². The largest absolute Gasteiger partial charge is 0.450 e. The van der Waals surface area contributed by atoms with Crippen LogP contribution in [0.25, 0.3) is 27.5 Å². The third-order valence-electron chi connectivity index (χ3n) is 3.80. The summed E-state index contributed by atoms with van der Waals surface area (Å²) in [4.78, 5) is 0. The molecule has 1 N–H and O–H groups in total. The number of hydrogen-bond donors (Lipinski definition) is 1. The van der Waals surface area contributed by atoms with E-state index in [1.54, 1.807) is 6.08 Å². The van der Waals surface area contributed by atoms with Crippen molar-refractivity contribution in [1.29, 1.82) is 0 Å². The van der Waals surface area contributed by atoms with Crippen molar-refractivity contribution in [2.75, 3.05) is 0 Å². The van der Waals surface area contributed by atoms with E-state index in [0.717, 1.165) is 29.7 Å². The van der Waals surface area contributed by atoms with Gasteiger partial charge in [0.25, 0.3) is 0 Å². The van der Waals surface area contributed by atoms with Crippen LogP contribution in [0.15, 0.2) is 73.3 Å². The molecule has 0 aliphatic carbocycles. The first-order valence-electron chi connectivity index (χ1n) is 7.26. The number of fused-ring (bicyclic) bond motifs is 3. The van der Waals surface area contributed by atoms with Crippen LogP contribution in [0.2, 0.25) is 0 Å². The van der Waals surface area contributed by atoms with Crippen molar-refractivity contribution in [3.63, 3.8) is 0 Å². The van der Waals surface area contributed by atoms with Crippen molar-refractivity contribution >= 4 is 40.4 Å². The zero-order chi connectivity index (χ0) is 15.5. The molecule has 0 amide bonds. The monoisotopic (exact) mass is 286 g/mol. The fourth-order valence-corrected chi connectivity index (χ4v) is 2.81. The fourth-order valence-electron chi connectivity index (χ4n) is 2.81. The molecule has 3 rings (SSSR count). The van der Waals surface area contributed by atoms with Gasteiger partial charge in [0.15, 0.2) is 0 Å². The second kappa shape index (κ2) is 6.08. The summed E-state index contributed by atoms with van der Waals surface area (Å²) < 4.78 is 2.21. The lowest BCUT2D eigenvalue weighted by molar-refractivity contribution is 0.615. The smallest absolute Gasteiger partial charge is 0.326 e. The van der Waals surface area contributed by atoms with Crippen molar-refractivity contribution in [3.05, 3.63) is 73.3 Å². The second-order valence-corrected chi connectivity index (χ2v) is 5.07. The quantitative estimate of drug-likeness (QED) is 0.575. The summed E-state index contributed by atoms with van der Waals surface area (Å²) in [5.74, 6) is 0. The Hall–Kier alpha value is -2.52. The summed E-state index contributed by atoms with van der Waals surface area (Å²) >= 11 is 0. The van der Waals surface area contributed by atoms with Gasteiger partial charge in [-0.1, -0.05) is 60.6 Å². The van der Waals surface area contributed by atoms with Crippen molar-refractivity contribution in [3.8, 4) is 0 Å². The Labute approximate surface area is 131 Å². The summed E-state index contributed by atoms with van der Waals surface area (Å²) in [5, 5.41) is 11.7. The molecule has 3 aromatic rings. The van der Waals surface area contributed by atoms with Crippen molar-refractivity contribution in [2.24, 2.45) is 0 Å². The van der Waals surface area contributed by atoms with E-state index >= 15 is 0 Å². The van der Waals surface area contributed by atoms with Crippen molar-refractivity contribution in [1.82, 2.24) is 4.57 Å². The number of aromatic nitrogens is 1. The molecule has 0 aliphatic rings. The van der Waals surface area contributed by atoms with Crippen LogP contribution < -0.4 is 5.46 Å². The number of hydrogen-bond acceptors (Lipinski definition) is 1. The number of benzene rings is 2. The summed E-state index contributed by atoms with van der Waals surface area (Å²) in [7, 11) is 1.14. The van der Waals surface area contributed by atoms with E-state index < -0.39 is 0 Å². The third kappa shape index (κ3) is 2.30. The maximum Gasteiger partial charge on any atom is 0.326 e. The van der Waals surface area contributed by atoms with E-state index in [1.165, 1.54) is 10.8 Å². The number of allylic oxidation sites excluding steroid dienone is 5. The molecule has 2 nitrogen and oxygen atoms in total. The van der Waals surface area contributed by atoms with Crippen LogP contribution in [0.5, 0.6) is 0 Å². The summed E-state index contributed by atoms with van der Waals surface area (Å²) in [5.41, 5.74) is 4.08. The molecule has 1 aromatic heterocycles. The van der Waals surface area contributed by atoms with Crippen LogP contribution in [0, 0.1) is 0 Å². The summed E-state index contributed by atoms with van der Waals surface area (Å²) in [6.45, 7) is 5.76. The Morgan fingerprint density at radius 2 is 1.91 bits per heavy atom. The molecule has 0 saturated heterocycles. The molecule has 0 atom stereocenters. The van der Waals surface area contributed by atoms with Gasteiger partial charge < -0.3 is 9.59 Å². The molecule has 107 valence electrons. The molecule has 2 aromatic carbocycles. The van der Waals surface area contributed by atoms with Crippen LogP contribution in [0.3, 0.4) is 0 Å². The molecule has 0 unspecified atom stereocenters. The lowest BCUT2D eigenvalue weighted by Gasteiger charge is -2.09. The van der Waals surface area contributed by atoms with Gasteiger partial charge in [0.2, 0.25) is 0 Å². The van der Waals surface area contributed by atoms with Crippen molar-refractivity contribution < 1.29 is 5.02 Å². The average molecular weight is 286 g/mol. The van der Waals surface area contributed by atoms with Gasteiger partial charge >= 0.3 is 7.48 Å². The molecule has 0 spiro atoms. The van der Waals surface area contributed by atoms with Gasteiger partial charge in [0.1, 0.15) is 0 Å². The lowest BCUT2D eigenvalue weighted by Crippen LogP contribution is -2.12. The summed E-state index contributed by atoms with van der Waals surface area (Å²) in [6, 6.07) is 14.3. The minimum absolute atomic E-state index is 0.791. The van der Waals surface area contributed by atoms with Crippen LogP contribution in [-0.2, 0) is 0 Å². The minimum atomic E-state index is 0.791. The topological polar surface area (TPSA) is 25.2 Å². The highest BCUT2D eigenvalue weighted by molar-refractivity contribution is 6.46. The van der Waals surface area contributed by atoms with Crippen molar-refractivity contribution in [2.45, 2.75) is 6.92 Å². The molecular weight excluding hydrogens is 269 g/mol. The molecule has 1 radical (unpaired) electrons. The maximum absolute atomic E-state index is 9.32. The van der Waals surface area contributed by atoms with E-state index in [2.05, 4.69) is 35.4 Å². The number of rotatable bonds is 4. The van der Waals surface area contributed by atoms with Gasteiger partial charge in [0, 0.05) is 16.5 Å². The Morgan fingerprint density at radius 1 is 1.14 bits per heavy atom. The molecular formula is C19H17BNO. The van der Waals surface area contributed by atoms with Crippen LogP contribution in [0.1, 0.15) is 6.92 Å². The van der Waals surface area contributed by atoms with Crippen LogP contribution in [-0.4, -0.2) is 17.1 Å². The Morgan fingerprint density at radius 3 is 2.64 bits per heavy atom. The molecule has 22 heavy (non-hydrogen) atoms. The Kier molecular flexibility index (Phi) is 3.99. The van der Waals surface area contributed by atoms with E-state index in [0.29, 0.717) is 0 Å². The van der Waals surface area contributed by atoms with Gasteiger partial charge in [0.05, 0.1) is 11.0 Å². The van der Waals surface area contributed by atoms with E-state index in [9.17, 15) is 5.02 Å². The Balaban J connectivity index is 2.42. The molecule has 0 fully saturated rings. The second-order valence-electron chi connectivity index (χ2n) is 5.07. The minimum Gasteiger partial charge on any atom is -0.450 e. The third-order valence-corrected chi connectivity index (χ3v) is 3.80. The fraction of sp³-hybridized carbons (Fsp3) is 0.0526. The van der Waals surface area contributed by atoms with Gasteiger partial charge in [-0.2, -0.15) is 0 Å². The number of para-hydroxylation sites is 1.